The van der Waals surface area contributed by atoms with Crippen molar-refractivity contribution < 1.29 is 9.53 Å². The van der Waals surface area contributed by atoms with Crippen LogP contribution >= 0.6 is 0 Å². The van der Waals surface area contributed by atoms with Crippen LogP contribution < -0.4 is 15.0 Å². The highest BCUT2D eigenvalue weighted by molar-refractivity contribution is 5.94. The highest BCUT2D eigenvalue weighted by Crippen LogP contribution is 2.24. The maximum absolute atomic E-state index is 12.7. The smallest absolute Gasteiger partial charge is 0.265 e. The summed E-state index contributed by atoms with van der Waals surface area (Å²) in [5, 5.41) is 11.9. The van der Waals surface area contributed by atoms with Gasteiger partial charge in [-0.15, -0.1) is 10.2 Å². The van der Waals surface area contributed by atoms with Crippen LogP contribution in [0.2, 0.25) is 0 Å². The van der Waals surface area contributed by atoms with Gasteiger partial charge in [-0.1, -0.05) is 31.0 Å². The normalized spacial score (nSPS) is 14.9. The Balaban J connectivity index is 1.41. The van der Waals surface area contributed by atoms with E-state index in [9.17, 15) is 4.79 Å². The molecule has 0 spiro atoms. The summed E-state index contributed by atoms with van der Waals surface area (Å²) in [6, 6.07) is 17.6. The van der Waals surface area contributed by atoms with Gasteiger partial charge in [-0.05, 0) is 81.1 Å². The number of aryl methyl sites for hydroxylation is 2. The fraction of sp³-hybridized carbons (Fsp3) is 0.370. The summed E-state index contributed by atoms with van der Waals surface area (Å²) in [6.45, 7) is 7.86. The molecule has 1 atom stereocenters. The van der Waals surface area contributed by atoms with E-state index in [1.807, 2.05) is 62.4 Å². The average molecular weight is 445 g/mol. The molecule has 1 aliphatic rings. The number of carbonyl (C=O) groups excluding carboxylic acids is 1. The van der Waals surface area contributed by atoms with Gasteiger partial charge in [-0.2, -0.15) is 0 Å². The Morgan fingerprint density at radius 1 is 0.939 bits per heavy atom. The van der Waals surface area contributed by atoms with Crippen LogP contribution in [0.15, 0.2) is 54.6 Å². The van der Waals surface area contributed by atoms with Crippen molar-refractivity contribution in [1.29, 1.82) is 0 Å². The molecule has 0 bridgehead atoms. The highest BCUT2D eigenvalue weighted by Gasteiger charge is 2.16. The minimum Gasteiger partial charge on any atom is -0.481 e. The quantitative estimate of drug-likeness (QED) is 0.540. The molecule has 1 N–H and O–H groups in total. The molecule has 0 saturated carbocycles. The van der Waals surface area contributed by atoms with Crippen LogP contribution in [-0.4, -0.2) is 35.3 Å². The number of ether oxygens (including phenoxy) is 1. The van der Waals surface area contributed by atoms with Gasteiger partial charge in [-0.25, -0.2) is 0 Å². The zero-order valence-electron chi connectivity index (χ0n) is 19.7. The molecule has 33 heavy (non-hydrogen) atoms. The maximum atomic E-state index is 12.7. The monoisotopic (exact) mass is 444 g/mol. The molecule has 2 aromatic carbocycles. The zero-order chi connectivity index (χ0) is 23.2. The summed E-state index contributed by atoms with van der Waals surface area (Å²) in [5.74, 6) is 1.43. The Morgan fingerprint density at radius 2 is 1.67 bits per heavy atom. The maximum Gasteiger partial charge on any atom is 0.265 e. The number of benzene rings is 2. The molecule has 2 heterocycles. The van der Waals surface area contributed by atoms with E-state index in [1.165, 1.54) is 25.7 Å². The first-order chi connectivity index (χ1) is 16.0. The van der Waals surface area contributed by atoms with Crippen LogP contribution in [0.25, 0.3) is 11.3 Å². The van der Waals surface area contributed by atoms with E-state index in [0.29, 0.717) is 11.4 Å². The van der Waals surface area contributed by atoms with Crippen LogP contribution in [0.1, 0.15) is 43.7 Å². The number of carbonyl (C=O) groups is 1. The van der Waals surface area contributed by atoms with Gasteiger partial charge in [0, 0.05) is 24.3 Å². The molecular formula is C27H32N4O2. The summed E-state index contributed by atoms with van der Waals surface area (Å²) in [6.07, 6.45) is 4.36. The van der Waals surface area contributed by atoms with E-state index in [1.54, 1.807) is 6.92 Å². The first-order valence-electron chi connectivity index (χ1n) is 11.7. The van der Waals surface area contributed by atoms with Crippen molar-refractivity contribution in [2.24, 2.45) is 0 Å². The molecular weight excluding hydrogens is 412 g/mol. The Bertz CT molecular complexity index is 1070. The number of hydrogen-bond acceptors (Lipinski definition) is 5. The Labute approximate surface area is 196 Å². The largest absolute Gasteiger partial charge is 0.481 e. The molecule has 1 aromatic heterocycles. The molecule has 3 aromatic rings. The van der Waals surface area contributed by atoms with Gasteiger partial charge in [0.05, 0.1) is 5.69 Å². The lowest BCUT2D eigenvalue weighted by atomic mass is 10.1. The molecule has 6 heteroatoms. The summed E-state index contributed by atoms with van der Waals surface area (Å²) in [4.78, 5) is 15.0. The van der Waals surface area contributed by atoms with Crippen molar-refractivity contribution in [3.63, 3.8) is 0 Å². The molecule has 1 fully saturated rings. The summed E-state index contributed by atoms with van der Waals surface area (Å²) in [5.41, 5.74) is 4.60. The van der Waals surface area contributed by atoms with E-state index < -0.39 is 6.10 Å². The molecule has 0 aliphatic carbocycles. The second kappa shape index (κ2) is 10.5. The van der Waals surface area contributed by atoms with Gasteiger partial charge < -0.3 is 15.0 Å². The van der Waals surface area contributed by atoms with E-state index in [4.69, 9.17) is 4.74 Å². The van der Waals surface area contributed by atoms with E-state index >= 15 is 0 Å². The van der Waals surface area contributed by atoms with Crippen molar-refractivity contribution in [2.75, 3.05) is 23.3 Å². The Morgan fingerprint density at radius 3 is 2.33 bits per heavy atom. The third kappa shape index (κ3) is 6.09. The van der Waals surface area contributed by atoms with Gasteiger partial charge in [-0.3, -0.25) is 4.79 Å². The highest BCUT2D eigenvalue weighted by atomic mass is 16.5. The molecule has 172 valence electrons. The lowest BCUT2D eigenvalue weighted by Crippen LogP contribution is -2.30. The van der Waals surface area contributed by atoms with Gasteiger partial charge in [0.2, 0.25) is 0 Å². The number of anilines is 2. The van der Waals surface area contributed by atoms with Crippen molar-refractivity contribution in [1.82, 2.24) is 10.2 Å². The van der Waals surface area contributed by atoms with E-state index in [-0.39, 0.29) is 5.91 Å². The fourth-order valence-corrected chi connectivity index (χ4v) is 4.21. The fourth-order valence-electron chi connectivity index (χ4n) is 4.21. The summed E-state index contributed by atoms with van der Waals surface area (Å²) in [7, 11) is 0. The summed E-state index contributed by atoms with van der Waals surface area (Å²) < 4.78 is 5.87. The van der Waals surface area contributed by atoms with Crippen LogP contribution in [0.5, 0.6) is 5.75 Å². The second-order valence-electron chi connectivity index (χ2n) is 8.83. The minimum absolute atomic E-state index is 0.200. The van der Waals surface area contributed by atoms with Crippen molar-refractivity contribution in [2.45, 2.75) is 52.6 Å². The molecule has 4 rings (SSSR count). The van der Waals surface area contributed by atoms with Crippen LogP contribution in [0.4, 0.5) is 11.5 Å². The van der Waals surface area contributed by atoms with Crippen LogP contribution in [0.3, 0.4) is 0 Å². The number of nitrogens with zero attached hydrogens (tertiary/aromatic N) is 3. The van der Waals surface area contributed by atoms with Crippen molar-refractivity contribution >= 4 is 17.4 Å². The minimum atomic E-state index is -0.623. The average Bonchev–Trinajstić information content (AvgIpc) is 3.08. The molecule has 1 amide bonds. The summed E-state index contributed by atoms with van der Waals surface area (Å²) >= 11 is 0. The van der Waals surface area contributed by atoms with Crippen molar-refractivity contribution in [3.05, 3.63) is 65.7 Å². The van der Waals surface area contributed by atoms with E-state index in [0.717, 1.165) is 41.3 Å². The second-order valence-corrected chi connectivity index (χ2v) is 8.83. The SMILES string of the molecule is Cc1cc(C)cc(OC(C)C(=O)Nc2cccc(-c3ccc(N4CCCCCC4)nn3)c2)c1. The predicted octanol–water partition coefficient (Wildman–Crippen LogP) is 5.55. The van der Waals surface area contributed by atoms with Gasteiger partial charge in [0.15, 0.2) is 11.9 Å². The topological polar surface area (TPSA) is 67.3 Å². The first kappa shape index (κ1) is 22.8. The van der Waals surface area contributed by atoms with Crippen LogP contribution in [0, 0.1) is 13.8 Å². The van der Waals surface area contributed by atoms with Gasteiger partial charge in [0.25, 0.3) is 5.91 Å². The number of hydrogen-bond donors (Lipinski definition) is 1. The molecule has 1 saturated heterocycles. The number of rotatable bonds is 6. The molecule has 1 aliphatic heterocycles. The molecule has 0 radical (unpaired) electrons. The van der Waals surface area contributed by atoms with Gasteiger partial charge in [0.1, 0.15) is 5.75 Å². The van der Waals surface area contributed by atoms with E-state index in [2.05, 4.69) is 26.5 Å². The Hall–Kier alpha value is -3.41. The van der Waals surface area contributed by atoms with Gasteiger partial charge >= 0.3 is 0 Å². The Kier molecular flexibility index (Phi) is 7.23. The molecule has 6 nitrogen and oxygen atoms in total. The van der Waals surface area contributed by atoms with Crippen molar-refractivity contribution in [3.8, 4) is 17.0 Å². The lowest BCUT2D eigenvalue weighted by molar-refractivity contribution is -0.122. The number of aromatic nitrogens is 2. The third-order valence-electron chi connectivity index (χ3n) is 5.88. The number of nitrogens with one attached hydrogen (secondary N) is 1. The lowest BCUT2D eigenvalue weighted by Gasteiger charge is -2.20. The number of amides is 1. The predicted molar refractivity (Wildman–Crippen MR) is 133 cm³/mol. The standard InChI is InChI=1S/C27H32N4O2/c1-19-15-20(2)17-24(16-19)33-21(3)27(32)28-23-10-8-9-22(18-23)25-11-12-26(30-29-25)31-13-6-4-5-7-14-31/h8-12,15-18,21H,4-7,13-14H2,1-3H3,(H,28,32). The molecule has 1 unspecified atom stereocenters. The third-order valence-corrected chi connectivity index (χ3v) is 5.88. The zero-order valence-corrected chi connectivity index (χ0v) is 19.7. The van der Waals surface area contributed by atoms with Crippen LogP contribution in [-0.2, 0) is 4.79 Å². The first-order valence-corrected chi connectivity index (χ1v) is 11.7.